The van der Waals surface area contributed by atoms with E-state index in [1.165, 1.54) is 0 Å². The fraction of sp³-hybridized carbons (Fsp3) is 0.476. The molecular formula is C21H25N3O2S2. The molecule has 0 amide bonds. The molecule has 1 aliphatic carbocycles. The maximum atomic E-state index is 13.1. The number of rotatable bonds is 5. The minimum absolute atomic E-state index is 0.0969. The molecule has 2 aliphatic rings. The summed E-state index contributed by atoms with van der Waals surface area (Å²) >= 11 is 3.15. The van der Waals surface area contributed by atoms with Crippen LogP contribution in [0, 0.1) is 5.41 Å². The molecule has 2 aromatic rings. The highest BCUT2D eigenvalue weighted by Crippen LogP contribution is 2.48. The molecule has 1 atom stereocenters. The van der Waals surface area contributed by atoms with Crippen molar-refractivity contribution >= 4 is 34.7 Å². The lowest BCUT2D eigenvalue weighted by Crippen LogP contribution is -2.36. The van der Waals surface area contributed by atoms with Crippen molar-refractivity contribution in [2.24, 2.45) is 5.41 Å². The van der Waals surface area contributed by atoms with Crippen molar-refractivity contribution in [1.82, 2.24) is 9.97 Å². The zero-order chi connectivity index (χ0) is 19.9. The van der Waals surface area contributed by atoms with Crippen molar-refractivity contribution in [3.63, 3.8) is 0 Å². The third-order valence-corrected chi connectivity index (χ3v) is 7.16. The summed E-state index contributed by atoms with van der Waals surface area (Å²) in [6, 6.07) is 3.97. The van der Waals surface area contributed by atoms with Crippen molar-refractivity contribution in [1.29, 1.82) is 0 Å². The molecule has 7 heteroatoms. The number of nitrogens with one attached hydrogen (secondary N) is 2. The van der Waals surface area contributed by atoms with Gasteiger partial charge in [-0.15, -0.1) is 11.3 Å². The number of anilines is 1. The molecule has 0 spiro atoms. The Labute approximate surface area is 173 Å². The van der Waals surface area contributed by atoms with Crippen molar-refractivity contribution < 1.29 is 4.79 Å². The number of fused-ring (bicyclic) bond motifs is 1. The molecule has 5 nitrogen and oxygen atoms in total. The topological polar surface area (TPSA) is 74.8 Å². The number of Topliss-reactive ketones (excluding diaryl/α,β-unsaturated/α-hetero) is 1. The van der Waals surface area contributed by atoms with Gasteiger partial charge in [-0.1, -0.05) is 45.0 Å². The quantitative estimate of drug-likeness (QED) is 0.412. The molecule has 4 rings (SSSR count). The second-order valence-corrected chi connectivity index (χ2v) is 10.3. The van der Waals surface area contributed by atoms with E-state index in [0.717, 1.165) is 41.2 Å². The maximum Gasteiger partial charge on any atom is 0.257 e. The fourth-order valence-electron chi connectivity index (χ4n) is 4.01. The van der Waals surface area contributed by atoms with Crippen LogP contribution in [0.5, 0.6) is 0 Å². The molecule has 0 saturated heterocycles. The highest BCUT2D eigenvalue weighted by molar-refractivity contribution is 7.99. The number of allylic oxidation sites excluding steroid dienone is 2. The molecule has 0 aromatic carbocycles. The van der Waals surface area contributed by atoms with Crippen molar-refractivity contribution in [3.8, 4) is 0 Å². The SMILES string of the molecule is CCCCSc1nc2c(c(=O)[nH]1)[C@@H](c1cccs1)C1=C(CC(C)(C)CC1=O)N2. The molecular weight excluding hydrogens is 390 g/mol. The van der Waals surface area contributed by atoms with Gasteiger partial charge in [0, 0.05) is 28.3 Å². The third-order valence-electron chi connectivity index (χ3n) is 5.26. The number of carbonyl (C=O) groups is 1. The lowest BCUT2D eigenvalue weighted by molar-refractivity contribution is -0.118. The number of ketones is 1. The summed E-state index contributed by atoms with van der Waals surface area (Å²) in [5, 5.41) is 6.00. The average Bonchev–Trinajstić information content (AvgIpc) is 3.13. The van der Waals surface area contributed by atoms with Crippen LogP contribution >= 0.6 is 23.1 Å². The summed E-state index contributed by atoms with van der Waals surface area (Å²) in [6.45, 7) is 6.37. The Kier molecular flexibility index (Phi) is 5.22. The van der Waals surface area contributed by atoms with Gasteiger partial charge in [0.05, 0.1) is 11.5 Å². The van der Waals surface area contributed by atoms with E-state index in [1.807, 2.05) is 17.5 Å². The lowest BCUT2D eigenvalue weighted by atomic mass is 9.70. The van der Waals surface area contributed by atoms with Gasteiger partial charge in [0.25, 0.3) is 5.56 Å². The molecule has 28 heavy (non-hydrogen) atoms. The van der Waals surface area contributed by atoms with Crippen LogP contribution in [0.3, 0.4) is 0 Å². The number of thiophene rings is 1. The van der Waals surface area contributed by atoms with E-state index in [9.17, 15) is 9.59 Å². The molecule has 2 N–H and O–H groups in total. The van der Waals surface area contributed by atoms with Gasteiger partial charge in [0.2, 0.25) is 0 Å². The standard InChI is InChI=1S/C21H25N3O2S2/c1-4-5-8-28-20-23-18-17(19(26)24-20)16(14-7-6-9-27-14)15-12(22-18)10-21(2,3)11-13(15)25/h6-7,9,16H,4-5,8,10-11H2,1-3H3,(H2,22,23,24,26)/t16-/m0/s1. The number of H-pyrrole nitrogens is 1. The van der Waals surface area contributed by atoms with Gasteiger partial charge < -0.3 is 10.3 Å². The second-order valence-electron chi connectivity index (χ2n) is 8.24. The number of aromatic nitrogens is 2. The summed E-state index contributed by atoms with van der Waals surface area (Å²) in [5.74, 6) is 1.32. The summed E-state index contributed by atoms with van der Waals surface area (Å²) in [5.41, 5.74) is 1.98. The first-order valence-electron chi connectivity index (χ1n) is 9.73. The van der Waals surface area contributed by atoms with Gasteiger partial charge in [-0.05, 0) is 29.7 Å². The number of hydrogen-bond acceptors (Lipinski definition) is 6. The van der Waals surface area contributed by atoms with E-state index in [2.05, 4.69) is 31.1 Å². The van der Waals surface area contributed by atoms with E-state index in [1.54, 1.807) is 23.1 Å². The van der Waals surface area contributed by atoms with E-state index < -0.39 is 0 Å². The molecule has 148 valence electrons. The largest absolute Gasteiger partial charge is 0.343 e. The number of thioether (sulfide) groups is 1. The molecule has 1 aliphatic heterocycles. The van der Waals surface area contributed by atoms with E-state index in [-0.39, 0.29) is 22.7 Å². The van der Waals surface area contributed by atoms with Crippen LogP contribution in [0.25, 0.3) is 0 Å². The Morgan fingerprint density at radius 2 is 2.14 bits per heavy atom. The predicted octanol–water partition coefficient (Wildman–Crippen LogP) is 4.92. The second kappa shape index (κ2) is 7.52. The molecule has 0 unspecified atom stereocenters. The lowest BCUT2D eigenvalue weighted by Gasteiger charge is -2.38. The fourth-order valence-corrected chi connectivity index (χ4v) is 5.81. The summed E-state index contributed by atoms with van der Waals surface area (Å²) in [7, 11) is 0. The van der Waals surface area contributed by atoms with E-state index in [4.69, 9.17) is 4.98 Å². The predicted molar refractivity (Wildman–Crippen MR) is 115 cm³/mol. The summed E-state index contributed by atoms with van der Waals surface area (Å²) in [4.78, 5) is 34.8. The van der Waals surface area contributed by atoms with Crippen molar-refractivity contribution in [3.05, 3.63) is 49.6 Å². The van der Waals surface area contributed by atoms with Crippen LogP contribution in [0.15, 0.2) is 38.7 Å². The van der Waals surface area contributed by atoms with Crippen LogP contribution < -0.4 is 10.9 Å². The summed E-state index contributed by atoms with van der Waals surface area (Å²) in [6.07, 6.45) is 3.46. The van der Waals surface area contributed by atoms with Crippen molar-refractivity contribution in [2.75, 3.05) is 11.1 Å². The highest BCUT2D eigenvalue weighted by atomic mass is 32.2. The number of aromatic amines is 1. The minimum atomic E-state index is -0.333. The zero-order valence-electron chi connectivity index (χ0n) is 16.4. The van der Waals surface area contributed by atoms with Gasteiger partial charge in [-0.25, -0.2) is 4.98 Å². The maximum absolute atomic E-state index is 13.1. The highest BCUT2D eigenvalue weighted by Gasteiger charge is 2.42. The van der Waals surface area contributed by atoms with Crippen molar-refractivity contribution in [2.45, 2.75) is 57.5 Å². The number of nitrogens with zero attached hydrogens (tertiary/aromatic N) is 1. The first-order chi connectivity index (χ1) is 13.4. The molecule has 0 bridgehead atoms. The van der Waals surface area contributed by atoms with Crippen LogP contribution in [0.4, 0.5) is 5.82 Å². The Morgan fingerprint density at radius 1 is 1.32 bits per heavy atom. The molecule has 0 saturated carbocycles. The number of unbranched alkanes of at least 4 members (excludes halogenated alkanes) is 1. The Morgan fingerprint density at radius 3 is 2.86 bits per heavy atom. The van der Waals surface area contributed by atoms with Gasteiger partial charge in [0.1, 0.15) is 5.82 Å². The minimum Gasteiger partial charge on any atom is -0.343 e. The molecule has 3 heterocycles. The van der Waals surface area contributed by atoms with Crippen LogP contribution in [0.2, 0.25) is 0 Å². The average molecular weight is 416 g/mol. The van der Waals surface area contributed by atoms with E-state index in [0.29, 0.717) is 23.0 Å². The van der Waals surface area contributed by atoms with Gasteiger partial charge in [-0.2, -0.15) is 0 Å². The van der Waals surface area contributed by atoms with Gasteiger partial charge >= 0.3 is 0 Å². The molecule has 2 aromatic heterocycles. The molecule has 0 radical (unpaired) electrons. The normalized spacial score (nSPS) is 20.5. The summed E-state index contributed by atoms with van der Waals surface area (Å²) < 4.78 is 0. The molecule has 0 fully saturated rings. The van der Waals surface area contributed by atoms with Crippen LogP contribution in [-0.2, 0) is 4.79 Å². The Balaban J connectivity index is 1.83. The number of hydrogen-bond donors (Lipinski definition) is 2. The van der Waals surface area contributed by atoms with Gasteiger partial charge in [-0.3, -0.25) is 9.59 Å². The number of carbonyl (C=O) groups excluding carboxylic acids is 1. The Hall–Kier alpha value is -1.86. The third kappa shape index (κ3) is 3.57. The zero-order valence-corrected chi connectivity index (χ0v) is 18.1. The van der Waals surface area contributed by atoms with Crippen LogP contribution in [-0.4, -0.2) is 21.5 Å². The first kappa shape index (κ1) is 19.5. The monoisotopic (exact) mass is 415 g/mol. The van der Waals surface area contributed by atoms with Gasteiger partial charge in [0.15, 0.2) is 10.9 Å². The van der Waals surface area contributed by atoms with E-state index >= 15 is 0 Å². The smallest absolute Gasteiger partial charge is 0.257 e. The Bertz CT molecular complexity index is 990. The first-order valence-corrected chi connectivity index (χ1v) is 11.6. The van der Waals surface area contributed by atoms with Crippen LogP contribution in [0.1, 0.15) is 62.8 Å².